The predicted molar refractivity (Wildman–Crippen MR) is 123 cm³/mol. The second kappa shape index (κ2) is 10.3. The first-order chi connectivity index (χ1) is 14.8. The van der Waals surface area contributed by atoms with Crippen LogP contribution in [0.1, 0.15) is 55.2 Å². The van der Waals surface area contributed by atoms with Gasteiger partial charge in [-0.05, 0) is 79.3 Å². The van der Waals surface area contributed by atoms with Crippen molar-refractivity contribution in [3.63, 3.8) is 0 Å². The van der Waals surface area contributed by atoms with Gasteiger partial charge in [-0.15, -0.1) is 21.5 Å². The smallest absolute Gasteiger partial charge is 0.214 e. The molecule has 0 unspecified atom stereocenters. The van der Waals surface area contributed by atoms with Crippen molar-refractivity contribution in [2.24, 2.45) is 0 Å². The number of tetrazole rings is 1. The number of hydrogen-bond acceptors (Lipinski definition) is 4. The van der Waals surface area contributed by atoms with Gasteiger partial charge in [-0.3, -0.25) is 0 Å². The van der Waals surface area contributed by atoms with Crippen molar-refractivity contribution in [3.05, 3.63) is 70.9 Å². The summed E-state index contributed by atoms with van der Waals surface area (Å²) < 4.78 is 2.32. The van der Waals surface area contributed by atoms with Crippen LogP contribution in [0, 0.1) is 0 Å². The average molecular weight is 420 g/mol. The molecule has 30 heavy (non-hydrogen) atoms. The van der Waals surface area contributed by atoms with Gasteiger partial charge in [0.15, 0.2) is 0 Å². The van der Waals surface area contributed by atoms with Gasteiger partial charge in [-0.2, -0.15) is 5.21 Å². The van der Waals surface area contributed by atoms with E-state index in [2.05, 4.69) is 86.8 Å². The second-order valence-corrected chi connectivity index (χ2v) is 8.87. The van der Waals surface area contributed by atoms with Gasteiger partial charge in [0.2, 0.25) is 5.82 Å². The molecule has 156 valence electrons. The van der Waals surface area contributed by atoms with Crippen LogP contribution in [0.25, 0.3) is 16.4 Å². The molecule has 0 saturated carbocycles. The molecule has 0 aliphatic carbocycles. The summed E-state index contributed by atoms with van der Waals surface area (Å²) in [7, 11) is 0. The first-order valence-electron chi connectivity index (χ1n) is 10.9. The summed E-state index contributed by atoms with van der Waals surface area (Å²) in [5, 5.41) is 14.3. The minimum atomic E-state index is 0.675. The zero-order valence-corrected chi connectivity index (χ0v) is 18.4. The Hall–Kier alpha value is -2.73. The molecule has 5 nitrogen and oxygen atoms in total. The van der Waals surface area contributed by atoms with Crippen LogP contribution in [0.2, 0.25) is 0 Å². The van der Waals surface area contributed by atoms with E-state index in [0.29, 0.717) is 5.82 Å². The lowest BCUT2D eigenvalue weighted by molar-refractivity contribution is 0.667. The van der Waals surface area contributed by atoms with Crippen LogP contribution < -0.4 is 0 Å². The summed E-state index contributed by atoms with van der Waals surface area (Å²) in [6.07, 6.45) is 11.9. The van der Waals surface area contributed by atoms with E-state index in [4.69, 9.17) is 0 Å². The molecule has 1 N–H and O–H groups in total. The Kier molecular flexibility index (Phi) is 7.08. The number of nitrogens with one attached hydrogen (secondary N) is 1. The fourth-order valence-electron chi connectivity index (χ4n) is 3.79. The van der Waals surface area contributed by atoms with Gasteiger partial charge in [-0.25, -0.2) is 0 Å². The molecule has 0 amide bonds. The van der Waals surface area contributed by atoms with Gasteiger partial charge in [0.25, 0.3) is 0 Å². The second-order valence-electron chi connectivity index (χ2n) is 7.70. The number of H-pyrrole nitrogens is 1. The molecule has 0 atom stereocenters. The van der Waals surface area contributed by atoms with E-state index in [9.17, 15) is 0 Å². The Balaban J connectivity index is 1.31. The van der Waals surface area contributed by atoms with E-state index in [1.165, 1.54) is 53.9 Å². The summed E-state index contributed by atoms with van der Waals surface area (Å²) in [6, 6.07) is 17.7. The molecule has 0 fully saturated rings. The van der Waals surface area contributed by atoms with E-state index < -0.39 is 0 Å². The molecule has 3 aromatic heterocycles. The van der Waals surface area contributed by atoms with Gasteiger partial charge < -0.3 is 4.57 Å². The van der Waals surface area contributed by atoms with E-state index >= 15 is 0 Å². The highest BCUT2D eigenvalue weighted by atomic mass is 32.1. The Labute approximate surface area is 182 Å². The lowest BCUT2D eigenvalue weighted by Gasteiger charge is -2.10. The normalized spacial score (nSPS) is 11.2. The average Bonchev–Trinajstić information content (AvgIpc) is 3.53. The van der Waals surface area contributed by atoms with Crippen LogP contribution in [-0.2, 0) is 19.3 Å². The number of aryl methyl sites for hydroxylation is 3. The third-order valence-electron chi connectivity index (χ3n) is 5.45. The van der Waals surface area contributed by atoms with Crippen LogP contribution in [0.4, 0.5) is 0 Å². The van der Waals surface area contributed by atoms with Crippen LogP contribution in [-0.4, -0.2) is 25.2 Å². The standard InChI is InChI=1S/C24H29N5S/c1-2-3-4-5-8-19-12-14-21(15-13-19)29-18-7-10-20(29)9-6-11-22-16-17-23(30-22)24-25-27-28-26-24/h7,10,12-18H,2-6,8-9,11H2,1H3,(H,25,26,27,28). The third kappa shape index (κ3) is 5.25. The lowest BCUT2D eigenvalue weighted by atomic mass is 10.1. The number of benzene rings is 1. The van der Waals surface area contributed by atoms with Gasteiger partial charge in [0.1, 0.15) is 0 Å². The highest BCUT2D eigenvalue weighted by Gasteiger charge is 2.08. The number of aromatic amines is 1. The molecule has 1 aromatic carbocycles. The summed E-state index contributed by atoms with van der Waals surface area (Å²) in [5.74, 6) is 0.675. The van der Waals surface area contributed by atoms with Crippen LogP contribution in [0.3, 0.4) is 0 Å². The molecule has 0 aliphatic rings. The monoisotopic (exact) mass is 419 g/mol. The fraction of sp³-hybridized carbons (Fsp3) is 0.375. The third-order valence-corrected chi connectivity index (χ3v) is 6.59. The maximum atomic E-state index is 4.06. The molecular formula is C24H29N5S. The highest BCUT2D eigenvalue weighted by molar-refractivity contribution is 7.15. The van der Waals surface area contributed by atoms with Crippen LogP contribution in [0.5, 0.6) is 0 Å². The van der Waals surface area contributed by atoms with Crippen molar-refractivity contribution in [1.29, 1.82) is 0 Å². The number of nitrogens with zero attached hydrogens (tertiary/aromatic N) is 4. The zero-order chi connectivity index (χ0) is 20.6. The van der Waals surface area contributed by atoms with Gasteiger partial charge >= 0.3 is 0 Å². The summed E-state index contributed by atoms with van der Waals surface area (Å²) >= 11 is 1.75. The maximum Gasteiger partial charge on any atom is 0.214 e. The summed E-state index contributed by atoms with van der Waals surface area (Å²) in [4.78, 5) is 2.43. The molecule has 3 heterocycles. The van der Waals surface area contributed by atoms with Crippen molar-refractivity contribution in [2.45, 2.75) is 58.3 Å². The molecule has 0 bridgehead atoms. The van der Waals surface area contributed by atoms with Crippen molar-refractivity contribution in [2.75, 3.05) is 0 Å². The quantitative estimate of drug-likeness (QED) is 0.303. The van der Waals surface area contributed by atoms with Crippen LogP contribution in [0.15, 0.2) is 54.7 Å². The van der Waals surface area contributed by atoms with E-state index in [-0.39, 0.29) is 0 Å². The molecule has 6 heteroatoms. The first-order valence-corrected chi connectivity index (χ1v) is 11.7. The number of unbranched alkanes of at least 4 members (excludes halogenated alkanes) is 3. The van der Waals surface area contributed by atoms with Crippen molar-refractivity contribution >= 4 is 11.3 Å². The topological polar surface area (TPSA) is 59.4 Å². The van der Waals surface area contributed by atoms with E-state index in [0.717, 1.165) is 24.1 Å². The fourth-order valence-corrected chi connectivity index (χ4v) is 4.77. The summed E-state index contributed by atoms with van der Waals surface area (Å²) in [6.45, 7) is 2.26. The molecule has 0 radical (unpaired) electrons. The van der Waals surface area contributed by atoms with Gasteiger partial charge in [-0.1, -0.05) is 38.3 Å². The summed E-state index contributed by atoms with van der Waals surface area (Å²) in [5.41, 5.74) is 4.06. The number of rotatable bonds is 11. The first kappa shape index (κ1) is 20.5. The van der Waals surface area contributed by atoms with Gasteiger partial charge in [0, 0.05) is 22.5 Å². The minimum absolute atomic E-state index is 0.675. The van der Waals surface area contributed by atoms with Crippen molar-refractivity contribution in [1.82, 2.24) is 25.2 Å². The molecule has 0 saturated heterocycles. The minimum Gasteiger partial charge on any atom is -0.321 e. The molecule has 0 aliphatic heterocycles. The highest BCUT2D eigenvalue weighted by Crippen LogP contribution is 2.26. The van der Waals surface area contributed by atoms with E-state index in [1.54, 1.807) is 11.3 Å². The Bertz CT molecular complexity index is 1010. The Morgan fingerprint density at radius 1 is 0.900 bits per heavy atom. The molecule has 4 rings (SSSR count). The zero-order valence-electron chi connectivity index (χ0n) is 17.6. The Morgan fingerprint density at radius 2 is 1.80 bits per heavy atom. The molecule has 4 aromatic rings. The van der Waals surface area contributed by atoms with Gasteiger partial charge in [0.05, 0.1) is 4.88 Å². The predicted octanol–water partition coefficient (Wildman–Crippen LogP) is 6.02. The van der Waals surface area contributed by atoms with E-state index in [1.807, 2.05) is 0 Å². The number of hydrogen-bond donors (Lipinski definition) is 1. The molecule has 0 spiro atoms. The Morgan fingerprint density at radius 3 is 2.60 bits per heavy atom. The van der Waals surface area contributed by atoms with Crippen molar-refractivity contribution in [3.8, 4) is 16.4 Å². The maximum absolute atomic E-state index is 4.06. The van der Waals surface area contributed by atoms with Crippen LogP contribution >= 0.6 is 11.3 Å². The number of thiophene rings is 1. The number of aromatic nitrogens is 5. The molecular weight excluding hydrogens is 390 g/mol. The van der Waals surface area contributed by atoms with Crippen molar-refractivity contribution < 1.29 is 0 Å². The SMILES string of the molecule is CCCCCCc1ccc(-n2cccc2CCCc2ccc(-c3nn[nH]n3)s2)cc1. The largest absolute Gasteiger partial charge is 0.321 e. The lowest BCUT2D eigenvalue weighted by Crippen LogP contribution is -2.00.